The van der Waals surface area contributed by atoms with Gasteiger partial charge in [-0.15, -0.1) is 11.3 Å². The molecule has 1 aliphatic rings. The molecule has 7 heteroatoms. The van der Waals surface area contributed by atoms with Crippen molar-refractivity contribution in [1.29, 1.82) is 0 Å². The molecule has 0 bridgehead atoms. The lowest BCUT2D eigenvalue weighted by molar-refractivity contribution is -0.142. The molecule has 1 aromatic carbocycles. The summed E-state index contributed by atoms with van der Waals surface area (Å²) in [4.78, 5) is 30.3. The van der Waals surface area contributed by atoms with Crippen LogP contribution < -0.4 is 0 Å². The van der Waals surface area contributed by atoms with E-state index in [4.69, 9.17) is 4.74 Å². The van der Waals surface area contributed by atoms with Gasteiger partial charge >= 0.3 is 0 Å². The predicted octanol–water partition coefficient (Wildman–Crippen LogP) is 3.69. The maximum Gasteiger partial charge on any atom is 0.242 e. The second-order valence-corrected chi connectivity index (χ2v) is 8.37. The Hall–Kier alpha value is -2.25. The molecule has 1 aromatic heterocycles. The highest BCUT2D eigenvalue weighted by atomic mass is 32.1. The molecule has 0 saturated heterocycles. The Kier molecular flexibility index (Phi) is 7.77. The van der Waals surface area contributed by atoms with Crippen molar-refractivity contribution in [2.45, 2.75) is 32.4 Å². The Morgan fingerprint density at radius 2 is 1.90 bits per heavy atom. The van der Waals surface area contributed by atoms with Crippen molar-refractivity contribution in [3.05, 3.63) is 58.0 Å². The number of amides is 2. The van der Waals surface area contributed by atoms with Crippen LogP contribution in [0.2, 0.25) is 0 Å². The number of benzene rings is 1. The van der Waals surface area contributed by atoms with Crippen LogP contribution in [0.4, 0.5) is 4.39 Å². The number of thiophene rings is 1. The summed E-state index contributed by atoms with van der Waals surface area (Å²) in [5, 5.41) is 1.98. The van der Waals surface area contributed by atoms with Gasteiger partial charge in [-0.05, 0) is 48.4 Å². The van der Waals surface area contributed by atoms with Crippen molar-refractivity contribution < 1.29 is 18.7 Å². The van der Waals surface area contributed by atoms with Crippen LogP contribution in [0.1, 0.15) is 29.7 Å². The molecule has 0 spiro atoms. The zero-order valence-electron chi connectivity index (χ0n) is 16.7. The topological polar surface area (TPSA) is 49.9 Å². The average molecular weight is 419 g/mol. The first-order valence-corrected chi connectivity index (χ1v) is 10.8. The summed E-state index contributed by atoms with van der Waals surface area (Å²) in [7, 11) is 1.63. The molecule has 2 aromatic rings. The normalized spacial score (nSPS) is 13.3. The van der Waals surface area contributed by atoms with Crippen LogP contribution in [0.5, 0.6) is 0 Å². The first-order chi connectivity index (χ1) is 14.1. The van der Waals surface area contributed by atoms with E-state index in [0.717, 1.165) is 23.3 Å². The molecule has 156 valence electrons. The van der Waals surface area contributed by atoms with Gasteiger partial charge in [0.25, 0.3) is 0 Å². The minimum Gasteiger partial charge on any atom is -0.385 e. The number of carbonyl (C=O) groups excluding carboxylic acids is 2. The molecule has 1 aliphatic carbocycles. The third-order valence-electron chi connectivity index (χ3n) is 4.91. The van der Waals surface area contributed by atoms with E-state index >= 15 is 0 Å². The molecule has 29 heavy (non-hydrogen) atoms. The van der Waals surface area contributed by atoms with Gasteiger partial charge in [-0.2, -0.15) is 0 Å². The minimum absolute atomic E-state index is 0.0611. The molecule has 0 radical (unpaired) electrons. The molecule has 0 aliphatic heterocycles. The van der Waals surface area contributed by atoms with Crippen molar-refractivity contribution in [3.63, 3.8) is 0 Å². The molecule has 0 unspecified atom stereocenters. The lowest BCUT2D eigenvalue weighted by atomic mass is 10.2. The number of carbonyl (C=O) groups is 2. The van der Waals surface area contributed by atoms with Gasteiger partial charge in [-0.1, -0.05) is 18.2 Å². The zero-order chi connectivity index (χ0) is 20.6. The van der Waals surface area contributed by atoms with E-state index in [1.54, 1.807) is 40.4 Å². The Bertz CT molecular complexity index is 791. The number of hydrogen-bond donors (Lipinski definition) is 0. The number of rotatable bonds is 11. The third kappa shape index (κ3) is 6.65. The van der Waals surface area contributed by atoms with Gasteiger partial charge in [0, 0.05) is 37.6 Å². The van der Waals surface area contributed by atoms with Crippen molar-refractivity contribution in [2.24, 2.45) is 5.92 Å². The summed E-state index contributed by atoms with van der Waals surface area (Å²) < 4.78 is 18.3. The van der Waals surface area contributed by atoms with E-state index in [0.29, 0.717) is 32.7 Å². The standard InChI is InChI=1S/C22H27FN2O3S/c1-28-12-3-11-24(22(27)18-7-8-18)16-21(26)25(15-20-4-2-13-29-20)14-17-5-9-19(23)10-6-17/h2,4-6,9-10,13,18H,3,7-8,11-12,14-16H2,1H3. The van der Waals surface area contributed by atoms with Crippen molar-refractivity contribution in [1.82, 2.24) is 9.80 Å². The molecule has 3 rings (SSSR count). The smallest absolute Gasteiger partial charge is 0.242 e. The van der Waals surface area contributed by atoms with Crippen LogP contribution >= 0.6 is 11.3 Å². The van der Waals surface area contributed by atoms with Gasteiger partial charge in [0.05, 0.1) is 13.1 Å². The van der Waals surface area contributed by atoms with Crippen molar-refractivity contribution >= 4 is 23.2 Å². The number of nitrogens with zero attached hydrogens (tertiary/aromatic N) is 2. The summed E-state index contributed by atoms with van der Waals surface area (Å²) in [5.74, 6) is -0.279. The molecular weight excluding hydrogens is 391 g/mol. The quantitative estimate of drug-likeness (QED) is 0.523. The number of ether oxygens (including phenoxy) is 1. The van der Waals surface area contributed by atoms with Crippen molar-refractivity contribution in [3.8, 4) is 0 Å². The van der Waals surface area contributed by atoms with Crippen LogP contribution in [-0.4, -0.2) is 48.4 Å². The van der Waals surface area contributed by atoms with E-state index in [9.17, 15) is 14.0 Å². The highest BCUT2D eigenvalue weighted by molar-refractivity contribution is 7.09. The monoisotopic (exact) mass is 418 g/mol. The van der Waals surface area contributed by atoms with Gasteiger partial charge in [-0.25, -0.2) is 4.39 Å². The first kappa shape index (κ1) is 21.5. The lowest BCUT2D eigenvalue weighted by Crippen LogP contribution is -2.43. The Balaban J connectivity index is 1.70. The molecule has 0 N–H and O–H groups in total. The van der Waals surface area contributed by atoms with E-state index in [1.807, 2.05) is 17.5 Å². The Morgan fingerprint density at radius 3 is 2.52 bits per heavy atom. The van der Waals surface area contributed by atoms with Crippen LogP contribution in [0.15, 0.2) is 41.8 Å². The fraction of sp³-hybridized carbons (Fsp3) is 0.455. The zero-order valence-corrected chi connectivity index (χ0v) is 17.5. The number of halogens is 1. The Morgan fingerprint density at radius 1 is 1.14 bits per heavy atom. The summed E-state index contributed by atoms with van der Waals surface area (Å²) in [6, 6.07) is 10.1. The largest absolute Gasteiger partial charge is 0.385 e. The fourth-order valence-electron chi connectivity index (χ4n) is 3.15. The molecule has 5 nitrogen and oxygen atoms in total. The van der Waals surface area contributed by atoms with Crippen LogP contribution in [0.3, 0.4) is 0 Å². The average Bonchev–Trinajstić information content (AvgIpc) is 3.44. The molecule has 1 saturated carbocycles. The number of methoxy groups -OCH3 is 1. The molecule has 1 fully saturated rings. The van der Waals surface area contributed by atoms with Gasteiger partial charge in [0.2, 0.25) is 11.8 Å². The predicted molar refractivity (Wildman–Crippen MR) is 111 cm³/mol. The first-order valence-electron chi connectivity index (χ1n) is 9.89. The highest BCUT2D eigenvalue weighted by Crippen LogP contribution is 2.31. The van der Waals surface area contributed by atoms with Crippen molar-refractivity contribution in [2.75, 3.05) is 26.8 Å². The Labute approximate surface area is 175 Å². The van der Waals surface area contributed by atoms with E-state index < -0.39 is 0 Å². The summed E-state index contributed by atoms with van der Waals surface area (Å²) in [6.07, 6.45) is 2.51. The molecule has 0 atom stereocenters. The lowest BCUT2D eigenvalue weighted by Gasteiger charge is -2.28. The maximum atomic E-state index is 13.2. The summed E-state index contributed by atoms with van der Waals surface area (Å²) in [6.45, 7) is 1.97. The second-order valence-electron chi connectivity index (χ2n) is 7.34. The SMILES string of the molecule is COCCCN(CC(=O)N(Cc1ccc(F)cc1)Cc1cccs1)C(=O)C1CC1. The highest BCUT2D eigenvalue weighted by Gasteiger charge is 2.34. The maximum absolute atomic E-state index is 13.2. The van der Waals surface area contributed by atoms with Crippen LogP contribution in [-0.2, 0) is 27.4 Å². The molecular formula is C22H27FN2O3S. The van der Waals surface area contributed by atoms with E-state index in [2.05, 4.69) is 0 Å². The van der Waals surface area contributed by atoms with Gasteiger partial charge in [0.15, 0.2) is 0 Å². The molecule has 1 heterocycles. The van der Waals surface area contributed by atoms with E-state index in [1.165, 1.54) is 12.1 Å². The van der Waals surface area contributed by atoms with Gasteiger partial charge in [-0.3, -0.25) is 9.59 Å². The van der Waals surface area contributed by atoms with Gasteiger partial charge < -0.3 is 14.5 Å². The third-order valence-corrected chi connectivity index (χ3v) is 5.77. The van der Waals surface area contributed by atoms with E-state index in [-0.39, 0.29) is 30.1 Å². The van der Waals surface area contributed by atoms with Crippen LogP contribution in [0.25, 0.3) is 0 Å². The molecule has 2 amide bonds. The number of hydrogen-bond acceptors (Lipinski definition) is 4. The fourth-order valence-corrected chi connectivity index (χ4v) is 3.87. The minimum atomic E-state index is -0.302. The second kappa shape index (κ2) is 10.5. The summed E-state index contributed by atoms with van der Waals surface area (Å²) in [5.41, 5.74) is 0.857. The summed E-state index contributed by atoms with van der Waals surface area (Å²) >= 11 is 1.59. The van der Waals surface area contributed by atoms with Crippen LogP contribution in [0, 0.1) is 11.7 Å². The van der Waals surface area contributed by atoms with Gasteiger partial charge in [0.1, 0.15) is 5.82 Å².